The van der Waals surface area contributed by atoms with Gasteiger partial charge in [0.25, 0.3) is 0 Å². The topological polar surface area (TPSA) is 21.3 Å². The fourth-order valence-electron chi connectivity index (χ4n) is 7.89. The Balaban J connectivity index is 1.27. The van der Waals surface area contributed by atoms with Crippen LogP contribution < -0.4 is 4.90 Å². The zero-order valence-electron chi connectivity index (χ0n) is 26.9. The molecule has 0 N–H and O–H groups in total. The van der Waals surface area contributed by atoms with Gasteiger partial charge in [0.1, 0.15) is 11.2 Å². The Kier molecular flexibility index (Phi) is 5.83. The van der Waals surface area contributed by atoms with E-state index in [0.29, 0.717) is 0 Å². The largest absolute Gasteiger partial charge is 0.456 e. The molecule has 4 heteroatoms. The van der Waals surface area contributed by atoms with Crippen molar-refractivity contribution < 1.29 is 4.42 Å². The van der Waals surface area contributed by atoms with Gasteiger partial charge in [0, 0.05) is 54.1 Å². The number of hydrogen-bond donors (Lipinski definition) is 0. The van der Waals surface area contributed by atoms with Gasteiger partial charge in [-0.05, 0) is 77.5 Å². The molecule has 0 aliphatic rings. The quantitative estimate of drug-likeness (QED) is 0.188. The van der Waals surface area contributed by atoms with E-state index in [-0.39, 0.29) is 0 Å². The Morgan fingerprint density at radius 3 is 1.88 bits per heavy atom. The molecule has 50 heavy (non-hydrogen) atoms. The van der Waals surface area contributed by atoms with Gasteiger partial charge in [-0.1, -0.05) is 103 Å². The molecule has 0 saturated carbocycles. The SMILES string of the molecule is c1ccc2cc(N(c3ccc4oc5ccccc5c4c3)c3cc(-n4c5ccccc5c5ccccc54)cc4c3sc3ccccc34)ccc2c1. The number of furan rings is 1. The summed E-state index contributed by atoms with van der Waals surface area (Å²) < 4.78 is 11.3. The third-order valence-electron chi connectivity index (χ3n) is 10.1. The molecule has 0 amide bonds. The highest BCUT2D eigenvalue weighted by Crippen LogP contribution is 2.48. The number of thiophene rings is 1. The van der Waals surface area contributed by atoms with E-state index in [9.17, 15) is 0 Å². The number of benzene rings is 8. The van der Waals surface area contributed by atoms with Crippen LogP contribution in [0.2, 0.25) is 0 Å². The number of para-hydroxylation sites is 3. The van der Waals surface area contributed by atoms with Gasteiger partial charge in [0.15, 0.2) is 0 Å². The first-order valence-electron chi connectivity index (χ1n) is 16.9. The number of rotatable bonds is 4. The molecule has 0 spiro atoms. The van der Waals surface area contributed by atoms with Crippen molar-refractivity contribution in [3.05, 3.63) is 170 Å². The monoisotopic (exact) mass is 656 g/mol. The van der Waals surface area contributed by atoms with Crippen LogP contribution in [-0.4, -0.2) is 4.57 Å². The van der Waals surface area contributed by atoms with Gasteiger partial charge in [-0.15, -0.1) is 11.3 Å². The Hall–Kier alpha value is -6.36. The first-order valence-corrected chi connectivity index (χ1v) is 17.7. The predicted molar refractivity (Wildman–Crippen MR) is 213 cm³/mol. The van der Waals surface area contributed by atoms with Crippen LogP contribution in [0.15, 0.2) is 174 Å². The molecule has 3 aromatic heterocycles. The number of anilines is 3. The molecule has 0 unspecified atom stereocenters. The average molecular weight is 657 g/mol. The molecular formula is C46H28N2OS. The number of fused-ring (bicyclic) bond motifs is 10. The zero-order valence-corrected chi connectivity index (χ0v) is 27.7. The van der Waals surface area contributed by atoms with Crippen molar-refractivity contribution in [2.24, 2.45) is 0 Å². The molecule has 234 valence electrons. The summed E-state index contributed by atoms with van der Waals surface area (Å²) in [5, 5.41) is 9.68. The van der Waals surface area contributed by atoms with Crippen LogP contribution in [0.3, 0.4) is 0 Å². The molecule has 3 heterocycles. The molecule has 0 aliphatic heterocycles. The number of aromatic nitrogens is 1. The van der Waals surface area contributed by atoms with Crippen LogP contribution >= 0.6 is 11.3 Å². The minimum atomic E-state index is 0.888. The van der Waals surface area contributed by atoms with Crippen molar-refractivity contribution in [2.45, 2.75) is 0 Å². The van der Waals surface area contributed by atoms with E-state index in [2.05, 4.69) is 167 Å². The summed E-state index contributed by atoms with van der Waals surface area (Å²) in [4.78, 5) is 2.45. The third kappa shape index (κ3) is 4.03. The summed E-state index contributed by atoms with van der Waals surface area (Å²) in [6, 6.07) is 61.4. The summed E-state index contributed by atoms with van der Waals surface area (Å²) >= 11 is 1.86. The smallest absolute Gasteiger partial charge is 0.135 e. The van der Waals surface area contributed by atoms with Crippen molar-refractivity contribution in [3.63, 3.8) is 0 Å². The molecule has 0 bridgehead atoms. The summed E-state index contributed by atoms with van der Waals surface area (Å²) in [5.74, 6) is 0. The molecule has 3 nitrogen and oxygen atoms in total. The van der Waals surface area contributed by atoms with Crippen molar-refractivity contribution in [1.29, 1.82) is 0 Å². The maximum atomic E-state index is 6.30. The van der Waals surface area contributed by atoms with Crippen molar-refractivity contribution in [1.82, 2.24) is 4.57 Å². The van der Waals surface area contributed by atoms with Crippen LogP contribution in [-0.2, 0) is 0 Å². The lowest BCUT2D eigenvalue weighted by molar-refractivity contribution is 0.669. The summed E-state index contributed by atoms with van der Waals surface area (Å²) in [6.45, 7) is 0. The third-order valence-corrected chi connectivity index (χ3v) is 11.3. The molecule has 0 atom stereocenters. The van der Waals surface area contributed by atoms with E-state index in [1.54, 1.807) is 0 Å². The normalized spacial score (nSPS) is 12.0. The van der Waals surface area contributed by atoms with Crippen LogP contribution in [0, 0.1) is 0 Å². The van der Waals surface area contributed by atoms with Crippen LogP contribution in [0.1, 0.15) is 0 Å². The lowest BCUT2D eigenvalue weighted by Gasteiger charge is -2.27. The maximum absolute atomic E-state index is 6.30. The second kappa shape index (κ2) is 10.6. The van der Waals surface area contributed by atoms with Crippen molar-refractivity contribution >= 4 is 103 Å². The Labute approximate surface area is 291 Å². The highest BCUT2D eigenvalue weighted by molar-refractivity contribution is 7.26. The van der Waals surface area contributed by atoms with E-state index < -0.39 is 0 Å². The molecule has 11 rings (SSSR count). The van der Waals surface area contributed by atoms with Gasteiger partial charge < -0.3 is 13.9 Å². The van der Waals surface area contributed by atoms with Crippen LogP contribution in [0.25, 0.3) is 80.4 Å². The predicted octanol–water partition coefficient (Wildman–Crippen LogP) is 13.7. The fourth-order valence-corrected chi connectivity index (χ4v) is 9.07. The van der Waals surface area contributed by atoms with Gasteiger partial charge in [-0.25, -0.2) is 0 Å². The summed E-state index contributed by atoms with van der Waals surface area (Å²) in [5.41, 5.74) is 8.64. The standard InChI is InChI=1S/C46H28N2OS/c1-2-12-30-25-31(22-21-29(30)11-1)47(32-23-24-44-38(26-32)36-15-5-9-19-43(36)49-44)42-28-33(27-39-37-16-6-10-20-45(37)50-46(39)42)48-40-17-7-3-13-34(40)35-14-4-8-18-41(35)48/h1-28H. The second-order valence-corrected chi connectivity index (χ2v) is 14.0. The molecule has 8 aromatic carbocycles. The molecule has 0 aliphatic carbocycles. The molecular weight excluding hydrogens is 629 g/mol. The van der Waals surface area contributed by atoms with Crippen LogP contribution in [0.4, 0.5) is 17.1 Å². The van der Waals surface area contributed by atoms with Gasteiger partial charge in [-0.3, -0.25) is 0 Å². The fraction of sp³-hybridized carbons (Fsp3) is 0. The van der Waals surface area contributed by atoms with E-state index in [4.69, 9.17) is 4.42 Å². The molecule has 11 aromatic rings. The van der Waals surface area contributed by atoms with E-state index >= 15 is 0 Å². The van der Waals surface area contributed by atoms with Gasteiger partial charge in [-0.2, -0.15) is 0 Å². The highest BCUT2D eigenvalue weighted by Gasteiger charge is 2.23. The van der Waals surface area contributed by atoms with Crippen molar-refractivity contribution in [2.75, 3.05) is 4.90 Å². The summed E-state index contributed by atoms with van der Waals surface area (Å²) in [7, 11) is 0. The molecule has 0 saturated heterocycles. The Morgan fingerprint density at radius 1 is 0.440 bits per heavy atom. The van der Waals surface area contributed by atoms with Gasteiger partial charge >= 0.3 is 0 Å². The first kappa shape index (κ1) is 27.6. The lowest BCUT2D eigenvalue weighted by atomic mass is 10.1. The lowest BCUT2D eigenvalue weighted by Crippen LogP contribution is -2.11. The molecule has 0 radical (unpaired) electrons. The van der Waals surface area contributed by atoms with Crippen molar-refractivity contribution in [3.8, 4) is 5.69 Å². The zero-order chi connectivity index (χ0) is 32.8. The second-order valence-electron chi connectivity index (χ2n) is 13.0. The summed E-state index contributed by atoms with van der Waals surface area (Å²) in [6.07, 6.45) is 0. The van der Waals surface area contributed by atoms with Gasteiger partial charge in [0.2, 0.25) is 0 Å². The van der Waals surface area contributed by atoms with E-state index in [1.807, 2.05) is 23.5 Å². The Morgan fingerprint density at radius 2 is 1.06 bits per heavy atom. The minimum Gasteiger partial charge on any atom is -0.456 e. The minimum absolute atomic E-state index is 0.888. The Bertz CT molecular complexity index is 3070. The number of hydrogen-bond acceptors (Lipinski definition) is 3. The average Bonchev–Trinajstić information content (AvgIpc) is 3.84. The van der Waals surface area contributed by atoms with Gasteiger partial charge in [0.05, 0.1) is 21.4 Å². The van der Waals surface area contributed by atoms with E-state index in [0.717, 1.165) is 44.7 Å². The maximum Gasteiger partial charge on any atom is 0.135 e. The first-order chi connectivity index (χ1) is 24.8. The van der Waals surface area contributed by atoms with Crippen LogP contribution in [0.5, 0.6) is 0 Å². The highest BCUT2D eigenvalue weighted by atomic mass is 32.1. The number of nitrogens with zero attached hydrogens (tertiary/aromatic N) is 2. The molecule has 0 fully saturated rings. The van der Waals surface area contributed by atoms with E-state index in [1.165, 1.54) is 52.8 Å².